The van der Waals surface area contributed by atoms with Crippen molar-refractivity contribution in [2.75, 3.05) is 33.2 Å². The number of aliphatic carboxylic acids is 1. The summed E-state index contributed by atoms with van der Waals surface area (Å²) in [6.45, 7) is 5.36. The third-order valence-corrected chi connectivity index (χ3v) is 6.70. The van der Waals surface area contributed by atoms with Gasteiger partial charge in [-0.15, -0.1) is 0 Å². The number of amides is 1. The summed E-state index contributed by atoms with van der Waals surface area (Å²) >= 11 is 0. The summed E-state index contributed by atoms with van der Waals surface area (Å²) in [5.74, 6) is -1.20. The molecule has 2 N–H and O–H groups in total. The molecule has 2 unspecified atom stereocenters. The van der Waals surface area contributed by atoms with Crippen molar-refractivity contribution < 1.29 is 19.8 Å². The number of phenols is 1. The molecule has 1 aliphatic heterocycles. The maximum Gasteiger partial charge on any atom is 0.323 e. The first kappa shape index (κ1) is 25.4. The zero-order valence-electron chi connectivity index (χ0n) is 20.7. The quantitative estimate of drug-likeness (QED) is 0.502. The predicted molar refractivity (Wildman–Crippen MR) is 139 cm³/mol. The Morgan fingerprint density at radius 1 is 0.972 bits per heavy atom. The summed E-state index contributed by atoms with van der Waals surface area (Å²) in [7, 11) is 1.49. The second-order valence-electron chi connectivity index (χ2n) is 9.49. The van der Waals surface area contributed by atoms with E-state index in [-0.39, 0.29) is 30.3 Å². The van der Waals surface area contributed by atoms with Crippen LogP contribution in [-0.2, 0) is 11.3 Å². The van der Waals surface area contributed by atoms with Gasteiger partial charge in [0.25, 0.3) is 5.91 Å². The average Bonchev–Trinajstić information content (AvgIpc) is 2.85. The summed E-state index contributed by atoms with van der Waals surface area (Å²) in [5, 5.41) is 19.3. The molecule has 0 spiro atoms. The molecule has 3 aromatic rings. The Kier molecular flexibility index (Phi) is 8.03. The number of carboxylic acids is 1. The highest BCUT2D eigenvalue weighted by atomic mass is 16.4. The molecule has 36 heavy (non-hydrogen) atoms. The topological polar surface area (TPSA) is 84.3 Å². The molecule has 0 aromatic heterocycles. The molecule has 0 aliphatic carbocycles. The maximum absolute atomic E-state index is 12.9. The number of aromatic hydroxyl groups is 1. The lowest BCUT2D eigenvalue weighted by Gasteiger charge is -2.44. The van der Waals surface area contributed by atoms with Crippen molar-refractivity contribution in [3.63, 3.8) is 0 Å². The molecule has 1 saturated heterocycles. The number of carbonyl (C=O) groups is 2. The number of phenolic OH excluding ortho intramolecular Hbond substituents is 1. The summed E-state index contributed by atoms with van der Waals surface area (Å²) in [6, 6.07) is 25.2. The van der Waals surface area contributed by atoms with Gasteiger partial charge in [0, 0.05) is 44.8 Å². The van der Waals surface area contributed by atoms with Crippen LogP contribution in [0, 0.1) is 0 Å². The van der Waals surface area contributed by atoms with E-state index in [1.165, 1.54) is 17.5 Å². The third kappa shape index (κ3) is 6.11. The molecule has 1 amide bonds. The highest BCUT2D eigenvalue weighted by molar-refractivity contribution is 5.95. The number of carboxylic acid groups (broad SMARTS) is 1. The fourth-order valence-electron chi connectivity index (χ4n) is 5.02. The molecule has 0 saturated carbocycles. The largest absolute Gasteiger partial charge is 0.508 e. The van der Waals surface area contributed by atoms with Crippen LogP contribution in [0.3, 0.4) is 0 Å². The standard InChI is InChI=1S/C29H33N3O4/c1-21-18-31(19-22-8-4-3-5-9-22)14-15-32(21)28(24-11-7-13-26(33)17-24)23-10-6-12-25(16-23)29(36)30(2)20-27(34)35/h3-13,16-17,21,28,33H,14-15,18-20H2,1-2H3,(H,34,35). The molecule has 7 heteroatoms. The van der Waals surface area contributed by atoms with Crippen molar-refractivity contribution >= 4 is 11.9 Å². The van der Waals surface area contributed by atoms with Crippen molar-refractivity contribution in [3.05, 3.63) is 101 Å². The van der Waals surface area contributed by atoms with Crippen LogP contribution in [0.15, 0.2) is 78.9 Å². The highest BCUT2D eigenvalue weighted by Crippen LogP contribution is 2.34. The van der Waals surface area contributed by atoms with Crippen molar-refractivity contribution in [2.24, 2.45) is 0 Å². The van der Waals surface area contributed by atoms with E-state index >= 15 is 0 Å². The minimum absolute atomic E-state index is 0.163. The fourth-order valence-corrected chi connectivity index (χ4v) is 5.02. The second-order valence-corrected chi connectivity index (χ2v) is 9.49. The first-order valence-corrected chi connectivity index (χ1v) is 12.2. The molecular weight excluding hydrogens is 454 g/mol. The molecule has 188 valence electrons. The summed E-state index contributed by atoms with van der Waals surface area (Å²) in [5.41, 5.74) is 3.61. The number of hydrogen-bond donors (Lipinski definition) is 2. The van der Waals surface area contributed by atoms with Gasteiger partial charge < -0.3 is 15.1 Å². The number of piperazine rings is 1. The summed E-state index contributed by atoms with van der Waals surface area (Å²) < 4.78 is 0. The van der Waals surface area contributed by atoms with Crippen LogP contribution in [0.5, 0.6) is 5.75 Å². The Balaban J connectivity index is 1.61. The molecule has 4 rings (SSSR count). The third-order valence-electron chi connectivity index (χ3n) is 6.70. The molecule has 2 atom stereocenters. The van der Waals surface area contributed by atoms with Crippen molar-refractivity contribution in [3.8, 4) is 5.75 Å². The van der Waals surface area contributed by atoms with Gasteiger partial charge in [-0.2, -0.15) is 0 Å². The van der Waals surface area contributed by atoms with Crippen LogP contribution >= 0.6 is 0 Å². The van der Waals surface area contributed by atoms with Crippen molar-refractivity contribution in [1.29, 1.82) is 0 Å². The van der Waals surface area contributed by atoms with Gasteiger partial charge in [0.05, 0.1) is 6.04 Å². The smallest absolute Gasteiger partial charge is 0.323 e. The van der Waals surface area contributed by atoms with Gasteiger partial charge >= 0.3 is 5.97 Å². The van der Waals surface area contributed by atoms with Gasteiger partial charge in [0.2, 0.25) is 0 Å². The van der Waals surface area contributed by atoms with E-state index in [4.69, 9.17) is 5.11 Å². The Labute approximate surface area is 212 Å². The van der Waals surface area contributed by atoms with Crippen molar-refractivity contribution in [2.45, 2.75) is 25.6 Å². The van der Waals surface area contributed by atoms with Gasteiger partial charge in [0.1, 0.15) is 12.3 Å². The first-order valence-electron chi connectivity index (χ1n) is 12.2. The second kappa shape index (κ2) is 11.4. The summed E-state index contributed by atoms with van der Waals surface area (Å²) in [6.07, 6.45) is 0. The van der Waals surface area contributed by atoms with E-state index in [9.17, 15) is 14.7 Å². The van der Waals surface area contributed by atoms with E-state index in [0.29, 0.717) is 5.56 Å². The average molecular weight is 488 g/mol. The van der Waals surface area contributed by atoms with Gasteiger partial charge in [-0.25, -0.2) is 0 Å². The number of benzene rings is 3. The maximum atomic E-state index is 12.9. The zero-order chi connectivity index (χ0) is 25.7. The lowest BCUT2D eigenvalue weighted by Crippen LogP contribution is -2.52. The lowest BCUT2D eigenvalue weighted by molar-refractivity contribution is -0.137. The number of likely N-dealkylation sites (N-methyl/N-ethyl adjacent to an activating group) is 1. The Hall–Kier alpha value is -3.68. The number of nitrogens with zero attached hydrogens (tertiary/aromatic N) is 3. The van der Waals surface area contributed by atoms with E-state index < -0.39 is 5.97 Å². The molecule has 0 bridgehead atoms. The molecule has 1 aliphatic rings. The fraction of sp³-hybridized carbons (Fsp3) is 0.310. The van der Waals surface area contributed by atoms with Crippen LogP contribution in [0.1, 0.15) is 40.0 Å². The van der Waals surface area contributed by atoms with Crippen LogP contribution in [0.25, 0.3) is 0 Å². The number of carbonyl (C=O) groups excluding carboxylic acids is 1. The minimum Gasteiger partial charge on any atom is -0.508 e. The normalized spacial score (nSPS) is 17.4. The SMILES string of the molecule is CC1CN(Cc2ccccc2)CCN1C(c1cccc(O)c1)c1cccc(C(=O)N(C)CC(=O)O)c1. The van der Waals surface area contributed by atoms with Crippen molar-refractivity contribution in [1.82, 2.24) is 14.7 Å². The number of rotatable bonds is 8. The lowest BCUT2D eigenvalue weighted by atomic mass is 9.93. The molecule has 1 fully saturated rings. The van der Waals surface area contributed by atoms with Crippen LogP contribution in [0.2, 0.25) is 0 Å². The highest BCUT2D eigenvalue weighted by Gasteiger charge is 2.32. The van der Waals surface area contributed by atoms with Gasteiger partial charge in [-0.1, -0.05) is 54.6 Å². The monoisotopic (exact) mass is 487 g/mol. The Morgan fingerprint density at radius 2 is 1.67 bits per heavy atom. The molecule has 7 nitrogen and oxygen atoms in total. The van der Waals surface area contributed by atoms with Crippen LogP contribution in [0.4, 0.5) is 0 Å². The van der Waals surface area contributed by atoms with E-state index in [1.807, 2.05) is 36.4 Å². The van der Waals surface area contributed by atoms with Crippen LogP contribution < -0.4 is 0 Å². The molecule has 3 aromatic carbocycles. The van der Waals surface area contributed by atoms with Gasteiger partial charge in [-0.3, -0.25) is 19.4 Å². The van der Waals surface area contributed by atoms with Crippen LogP contribution in [-0.4, -0.2) is 76.1 Å². The van der Waals surface area contributed by atoms with E-state index in [1.54, 1.807) is 18.2 Å². The molecular formula is C29H33N3O4. The van der Waals surface area contributed by atoms with Gasteiger partial charge in [0.15, 0.2) is 0 Å². The Bertz CT molecular complexity index is 1200. The van der Waals surface area contributed by atoms with E-state index in [0.717, 1.165) is 37.3 Å². The molecule has 1 heterocycles. The molecule has 0 radical (unpaired) electrons. The first-order chi connectivity index (χ1) is 17.3. The van der Waals surface area contributed by atoms with Gasteiger partial charge in [-0.05, 0) is 47.9 Å². The van der Waals surface area contributed by atoms with E-state index in [2.05, 4.69) is 41.0 Å². The number of hydrogen-bond acceptors (Lipinski definition) is 5. The zero-order valence-corrected chi connectivity index (χ0v) is 20.7. The summed E-state index contributed by atoms with van der Waals surface area (Å²) in [4.78, 5) is 30.1. The Morgan fingerprint density at radius 3 is 2.33 bits per heavy atom. The predicted octanol–water partition coefficient (Wildman–Crippen LogP) is 3.84. The minimum atomic E-state index is -1.05.